The monoisotopic (exact) mass is 483 g/mol. The number of ether oxygens (including phenoxy) is 2. The van der Waals surface area contributed by atoms with Crippen LogP contribution < -0.4 is 5.32 Å². The van der Waals surface area contributed by atoms with E-state index in [2.05, 4.69) is 36.7 Å². The molecule has 3 rings (SSSR count). The molecular formula is C18H19F6N5O4. The lowest BCUT2D eigenvalue weighted by Gasteiger charge is -2.32. The van der Waals surface area contributed by atoms with Crippen molar-refractivity contribution in [3.63, 3.8) is 0 Å². The van der Waals surface area contributed by atoms with Gasteiger partial charge in [0, 0.05) is 24.2 Å². The second-order valence-electron chi connectivity index (χ2n) is 7.20. The van der Waals surface area contributed by atoms with Gasteiger partial charge in [0.05, 0.1) is 19.3 Å². The van der Waals surface area contributed by atoms with Gasteiger partial charge in [-0.1, -0.05) is 6.58 Å². The molecule has 182 valence electrons. The quantitative estimate of drug-likeness (QED) is 0.516. The molecule has 0 radical (unpaired) electrons. The summed E-state index contributed by atoms with van der Waals surface area (Å²) in [6.07, 6.45) is -8.31. The Labute approximate surface area is 182 Å². The molecule has 0 aliphatic heterocycles. The van der Waals surface area contributed by atoms with Gasteiger partial charge in [0.1, 0.15) is 0 Å². The molecule has 9 nitrogen and oxygen atoms in total. The number of hydrogen-bond donors (Lipinski definition) is 1. The Morgan fingerprint density at radius 1 is 1.21 bits per heavy atom. The number of amides is 1. The van der Waals surface area contributed by atoms with Gasteiger partial charge in [0.15, 0.2) is 5.69 Å². The first-order chi connectivity index (χ1) is 15.4. The fourth-order valence-electron chi connectivity index (χ4n) is 2.99. The fraction of sp³-hybridized carbons (Fsp3) is 0.556. The second kappa shape index (κ2) is 9.91. The minimum Gasteiger partial charge on any atom is -0.425 e. The lowest BCUT2D eigenvalue weighted by molar-refractivity contribution is -0.352. The van der Waals surface area contributed by atoms with Crippen LogP contribution >= 0.6 is 0 Å². The van der Waals surface area contributed by atoms with Crippen molar-refractivity contribution in [2.75, 3.05) is 6.61 Å². The molecule has 1 aliphatic rings. The van der Waals surface area contributed by atoms with E-state index in [0.29, 0.717) is 5.70 Å². The normalized spacial score (nSPS) is 18.7. The number of aromatic nitrogens is 4. The van der Waals surface area contributed by atoms with Crippen LogP contribution in [0.1, 0.15) is 47.5 Å². The third kappa shape index (κ3) is 7.85. The number of aryl methyl sites for hydroxylation is 1. The Bertz CT molecular complexity index is 964. The summed E-state index contributed by atoms with van der Waals surface area (Å²) in [5.74, 6) is -0.457. The van der Waals surface area contributed by atoms with Gasteiger partial charge in [-0.3, -0.25) is 19.0 Å². The van der Waals surface area contributed by atoms with Crippen LogP contribution in [0.5, 0.6) is 0 Å². The third-order valence-electron chi connectivity index (χ3n) is 4.62. The number of nitrogens with one attached hydrogen (secondary N) is 1. The van der Waals surface area contributed by atoms with Crippen molar-refractivity contribution in [3.05, 3.63) is 42.0 Å². The maximum atomic E-state index is 12.2. The van der Waals surface area contributed by atoms with Crippen molar-refractivity contribution in [2.45, 2.75) is 57.0 Å². The van der Waals surface area contributed by atoms with Gasteiger partial charge in [-0.15, -0.1) is 36.5 Å². The fourth-order valence-corrected chi connectivity index (χ4v) is 2.99. The van der Waals surface area contributed by atoms with Gasteiger partial charge in [0.2, 0.25) is 11.8 Å². The van der Waals surface area contributed by atoms with Crippen LogP contribution in [0.3, 0.4) is 0 Å². The number of nitrogens with zero attached hydrogens (tertiary/aromatic N) is 4. The van der Waals surface area contributed by atoms with Crippen LogP contribution in [-0.2, 0) is 22.4 Å². The zero-order chi connectivity index (χ0) is 24.2. The van der Waals surface area contributed by atoms with Gasteiger partial charge in [0.25, 0.3) is 5.91 Å². The molecule has 15 heteroatoms. The van der Waals surface area contributed by atoms with Crippen molar-refractivity contribution in [1.29, 1.82) is 0 Å². The van der Waals surface area contributed by atoms with Gasteiger partial charge in [-0.05, 0) is 25.3 Å². The first-order valence-corrected chi connectivity index (χ1v) is 9.68. The molecule has 0 saturated heterocycles. The number of allylic oxidation sites excluding steroid dienone is 1. The number of carbonyl (C=O) groups excluding carboxylic acids is 1. The van der Waals surface area contributed by atoms with Gasteiger partial charge >= 0.3 is 12.7 Å². The molecule has 1 fully saturated rings. The van der Waals surface area contributed by atoms with E-state index >= 15 is 0 Å². The molecule has 1 aliphatic carbocycles. The lowest BCUT2D eigenvalue weighted by Crippen LogP contribution is -2.34. The smallest absolute Gasteiger partial charge is 0.425 e. The van der Waals surface area contributed by atoms with E-state index in [1.165, 1.54) is 12.3 Å². The molecule has 1 saturated carbocycles. The number of hydrogen-bond acceptors (Lipinski definition) is 7. The van der Waals surface area contributed by atoms with Crippen LogP contribution in [0.2, 0.25) is 0 Å². The molecule has 2 aromatic heterocycles. The highest BCUT2D eigenvalue weighted by Crippen LogP contribution is 2.40. The Morgan fingerprint density at radius 3 is 2.61 bits per heavy atom. The third-order valence-corrected chi connectivity index (χ3v) is 4.62. The molecule has 0 atom stereocenters. The first-order valence-electron chi connectivity index (χ1n) is 9.68. The van der Waals surface area contributed by atoms with Crippen molar-refractivity contribution in [3.8, 4) is 0 Å². The second-order valence-corrected chi connectivity index (χ2v) is 7.20. The van der Waals surface area contributed by atoms with Crippen LogP contribution in [0.25, 0.3) is 0 Å². The highest BCUT2D eigenvalue weighted by molar-refractivity contribution is 5.93. The molecule has 2 aromatic rings. The molecule has 1 amide bonds. The summed E-state index contributed by atoms with van der Waals surface area (Å²) < 4.78 is 86.6. The lowest BCUT2D eigenvalue weighted by atomic mass is 9.82. The Morgan fingerprint density at radius 2 is 1.94 bits per heavy atom. The largest absolute Gasteiger partial charge is 0.522 e. The molecule has 0 aromatic carbocycles. The zero-order valence-electron chi connectivity index (χ0n) is 16.9. The molecule has 33 heavy (non-hydrogen) atoms. The molecular weight excluding hydrogens is 464 g/mol. The predicted molar refractivity (Wildman–Crippen MR) is 96.4 cm³/mol. The maximum absolute atomic E-state index is 12.2. The van der Waals surface area contributed by atoms with Crippen LogP contribution in [0.4, 0.5) is 26.3 Å². The number of carbonyl (C=O) groups is 1. The standard InChI is InChI=1S/C18H19F6N5O4/c1-10(25-15(30)13-4-5-29(28-13)6-7-31-17(19,20)21)2-3-14-26-27-16(32-14)11-8-12(9-11)33-18(22,23)24/h4-5,11-12H,1-3,6-9H2,(H,25,30)/t11-,12+. The summed E-state index contributed by atoms with van der Waals surface area (Å²) in [6.45, 7) is 2.86. The van der Waals surface area contributed by atoms with Crippen molar-refractivity contribution >= 4 is 5.91 Å². The minimum atomic E-state index is -4.74. The molecule has 0 unspecified atom stereocenters. The number of halogens is 6. The first kappa shape index (κ1) is 24.7. The van der Waals surface area contributed by atoms with Gasteiger partial charge in [-0.25, -0.2) is 0 Å². The Hall–Kier alpha value is -2.94. The van der Waals surface area contributed by atoms with Crippen molar-refractivity contribution in [2.24, 2.45) is 0 Å². The molecule has 1 N–H and O–H groups in total. The number of rotatable bonds is 10. The predicted octanol–water partition coefficient (Wildman–Crippen LogP) is 3.46. The maximum Gasteiger partial charge on any atom is 0.522 e. The zero-order valence-corrected chi connectivity index (χ0v) is 16.9. The van der Waals surface area contributed by atoms with Gasteiger partial charge < -0.3 is 9.73 Å². The summed E-state index contributed by atoms with van der Waals surface area (Å²) in [5, 5.41) is 14.0. The molecule has 2 heterocycles. The van der Waals surface area contributed by atoms with Crippen LogP contribution in [0.15, 0.2) is 29.0 Å². The van der Waals surface area contributed by atoms with Crippen LogP contribution in [-0.4, -0.2) is 51.3 Å². The SMILES string of the molecule is C=C(CCc1nnc([C@H]2C[C@@H](OC(F)(F)F)C2)o1)NC(=O)c1ccn(CCOC(F)(F)F)n1. The summed E-state index contributed by atoms with van der Waals surface area (Å²) in [7, 11) is 0. The van der Waals surface area contributed by atoms with Crippen molar-refractivity contribution in [1.82, 2.24) is 25.3 Å². The summed E-state index contributed by atoms with van der Waals surface area (Å²) >= 11 is 0. The topological polar surface area (TPSA) is 104 Å². The van der Waals surface area contributed by atoms with Gasteiger partial charge in [-0.2, -0.15) is 5.10 Å². The average molecular weight is 483 g/mol. The van der Waals surface area contributed by atoms with E-state index in [-0.39, 0.29) is 55.6 Å². The van der Waals surface area contributed by atoms with Crippen molar-refractivity contribution < 1.29 is 45.0 Å². The van der Waals surface area contributed by atoms with E-state index in [0.717, 1.165) is 4.68 Å². The van der Waals surface area contributed by atoms with E-state index in [1.807, 2.05) is 0 Å². The highest BCUT2D eigenvalue weighted by Gasteiger charge is 2.42. The molecule has 0 spiro atoms. The summed E-state index contributed by atoms with van der Waals surface area (Å²) in [5.41, 5.74) is 0.279. The van der Waals surface area contributed by atoms with Crippen LogP contribution in [0, 0.1) is 0 Å². The summed E-state index contributed by atoms with van der Waals surface area (Å²) in [6, 6.07) is 1.33. The summed E-state index contributed by atoms with van der Waals surface area (Å²) in [4.78, 5) is 12.2. The number of alkyl halides is 6. The van der Waals surface area contributed by atoms with E-state index < -0.39 is 31.3 Å². The van der Waals surface area contributed by atoms with E-state index in [4.69, 9.17) is 4.42 Å². The van der Waals surface area contributed by atoms with E-state index in [1.54, 1.807) is 0 Å². The highest BCUT2D eigenvalue weighted by atomic mass is 19.4. The van der Waals surface area contributed by atoms with E-state index in [9.17, 15) is 31.1 Å². The molecule has 0 bridgehead atoms. The average Bonchev–Trinajstić information content (AvgIpc) is 3.30. The Balaban J connectivity index is 1.38. The minimum absolute atomic E-state index is 0.0242. The Kier molecular flexibility index (Phi) is 7.41.